The van der Waals surface area contributed by atoms with Crippen LogP contribution in [0.15, 0.2) is 4.52 Å². The standard InChI is InChI=1S/C11H19N3O2/c1-4-11(15)6-14(7-11)5-9-12-10(8(2)3)13-16-9/h8,15H,4-7H2,1-3H3. The quantitative estimate of drug-likeness (QED) is 0.832. The third kappa shape index (κ3) is 2.25. The van der Waals surface area contributed by atoms with Crippen LogP contribution in [-0.4, -0.2) is 38.8 Å². The van der Waals surface area contributed by atoms with Crippen LogP contribution in [0.1, 0.15) is 44.8 Å². The predicted molar refractivity (Wildman–Crippen MR) is 58.9 cm³/mol. The van der Waals surface area contributed by atoms with Gasteiger partial charge in [-0.05, 0) is 6.42 Å². The molecule has 1 saturated heterocycles. The van der Waals surface area contributed by atoms with E-state index in [2.05, 4.69) is 15.0 Å². The molecule has 1 aromatic heterocycles. The van der Waals surface area contributed by atoms with Gasteiger partial charge in [0.25, 0.3) is 0 Å². The molecule has 2 rings (SSSR count). The maximum atomic E-state index is 9.85. The van der Waals surface area contributed by atoms with Gasteiger partial charge in [0.1, 0.15) is 0 Å². The van der Waals surface area contributed by atoms with E-state index in [1.54, 1.807) is 0 Å². The fourth-order valence-corrected chi connectivity index (χ4v) is 1.88. The van der Waals surface area contributed by atoms with E-state index < -0.39 is 5.60 Å². The number of aliphatic hydroxyl groups is 1. The second kappa shape index (κ2) is 4.14. The molecule has 90 valence electrons. The van der Waals surface area contributed by atoms with E-state index in [1.807, 2.05) is 20.8 Å². The molecule has 0 aliphatic carbocycles. The van der Waals surface area contributed by atoms with Crippen LogP contribution in [0.4, 0.5) is 0 Å². The maximum Gasteiger partial charge on any atom is 0.240 e. The summed E-state index contributed by atoms with van der Waals surface area (Å²) in [4.78, 5) is 6.42. The first kappa shape index (κ1) is 11.5. The molecule has 1 fully saturated rings. The monoisotopic (exact) mass is 225 g/mol. The second-order valence-electron chi connectivity index (χ2n) is 4.92. The average molecular weight is 225 g/mol. The Bertz CT molecular complexity index is 356. The van der Waals surface area contributed by atoms with Crippen molar-refractivity contribution in [3.05, 3.63) is 11.7 Å². The number of likely N-dealkylation sites (tertiary alicyclic amines) is 1. The maximum absolute atomic E-state index is 9.85. The Morgan fingerprint density at radius 2 is 2.19 bits per heavy atom. The molecule has 1 aliphatic rings. The van der Waals surface area contributed by atoms with Crippen molar-refractivity contribution in [2.75, 3.05) is 13.1 Å². The van der Waals surface area contributed by atoms with E-state index in [4.69, 9.17) is 4.52 Å². The van der Waals surface area contributed by atoms with Gasteiger partial charge < -0.3 is 9.63 Å². The van der Waals surface area contributed by atoms with E-state index in [0.717, 1.165) is 12.2 Å². The van der Waals surface area contributed by atoms with Crippen LogP contribution in [0.5, 0.6) is 0 Å². The Morgan fingerprint density at radius 1 is 1.50 bits per heavy atom. The van der Waals surface area contributed by atoms with Crippen molar-refractivity contribution in [2.45, 2.75) is 45.3 Å². The van der Waals surface area contributed by atoms with Gasteiger partial charge in [-0.1, -0.05) is 25.9 Å². The average Bonchev–Trinajstić information content (AvgIpc) is 2.63. The first-order valence-corrected chi connectivity index (χ1v) is 5.79. The molecule has 16 heavy (non-hydrogen) atoms. The summed E-state index contributed by atoms with van der Waals surface area (Å²) >= 11 is 0. The first-order valence-electron chi connectivity index (χ1n) is 5.79. The number of hydrogen-bond acceptors (Lipinski definition) is 5. The lowest BCUT2D eigenvalue weighted by Gasteiger charge is -2.45. The van der Waals surface area contributed by atoms with Gasteiger partial charge in [0.15, 0.2) is 5.82 Å². The third-order valence-electron chi connectivity index (χ3n) is 3.05. The van der Waals surface area contributed by atoms with Crippen molar-refractivity contribution in [3.63, 3.8) is 0 Å². The van der Waals surface area contributed by atoms with Crippen LogP contribution >= 0.6 is 0 Å². The van der Waals surface area contributed by atoms with Crippen molar-refractivity contribution < 1.29 is 9.63 Å². The van der Waals surface area contributed by atoms with Gasteiger partial charge in [0, 0.05) is 19.0 Å². The van der Waals surface area contributed by atoms with Crippen LogP contribution in [0.3, 0.4) is 0 Å². The van der Waals surface area contributed by atoms with Crippen LogP contribution < -0.4 is 0 Å². The summed E-state index contributed by atoms with van der Waals surface area (Å²) < 4.78 is 5.15. The summed E-state index contributed by atoms with van der Waals surface area (Å²) in [7, 11) is 0. The summed E-state index contributed by atoms with van der Waals surface area (Å²) in [6.07, 6.45) is 0.796. The zero-order valence-electron chi connectivity index (χ0n) is 10.1. The molecular formula is C11H19N3O2. The minimum absolute atomic E-state index is 0.293. The molecule has 0 aromatic carbocycles. The topological polar surface area (TPSA) is 62.4 Å². The number of rotatable bonds is 4. The molecular weight excluding hydrogens is 206 g/mol. The van der Waals surface area contributed by atoms with E-state index in [1.165, 1.54) is 0 Å². The molecule has 0 bridgehead atoms. The van der Waals surface area contributed by atoms with Gasteiger partial charge in [-0.25, -0.2) is 0 Å². The minimum Gasteiger partial charge on any atom is -0.387 e. The van der Waals surface area contributed by atoms with E-state index in [9.17, 15) is 5.11 Å². The van der Waals surface area contributed by atoms with Crippen LogP contribution in [-0.2, 0) is 6.54 Å². The van der Waals surface area contributed by atoms with Crippen LogP contribution in [0, 0.1) is 0 Å². The highest BCUT2D eigenvalue weighted by atomic mass is 16.5. The zero-order valence-corrected chi connectivity index (χ0v) is 10.1. The highest BCUT2D eigenvalue weighted by Crippen LogP contribution is 2.25. The van der Waals surface area contributed by atoms with Crippen LogP contribution in [0.25, 0.3) is 0 Å². The molecule has 0 radical (unpaired) electrons. The van der Waals surface area contributed by atoms with E-state index >= 15 is 0 Å². The van der Waals surface area contributed by atoms with Crippen molar-refractivity contribution in [3.8, 4) is 0 Å². The highest BCUT2D eigenvalue weighted by Gasteiger charge is 2.39. The summed E-state index contributed by atoms with van der Waals surface area (Å²) in [5.74, 6) is 1.68. The largest absolute Gasteiger partial charge is 0.387 e. The van der Waals surface area contributed by atoms with Gasteiger partial charge in [0.05, 0.1) is 12.1 Å². The summed E-state index contributed by atoms with van der Waals surface area (Å²) in [5, 5.41) is 13.8. The first-order chi connectivity index (χ1) is 7.52. The molecule has 0 amide bonds. The SMILES string of the molecule is CCC1(O)CN(Cc2nc(C(C)C)no2)C1. The third-order valence-corrected chi connectivity index (χ3v) is 3.05. The minimum atomic E-state index is -0.499. The van der Waals surface area contributed by atoms with Gasteiger partial charge in [0.2, 0.25) is 5.89 Å². The van der Waals surface area contributed by atoms with E-state index in [0.29, 0.717) is 31.4 Å². The molecule has 2 heterocycles. The molecule has 0 unspecified atom stereocenters. The summed E-state index contributed by atoms with van der Waals surface area (Å²) in [6, 6.07) is 0. The number of nitrogens with zero attached hydrogens (tertiary/aromatic N) is 3. The molecule has 1 N–H and O–H groups in total. The number of aromatic nitrogens is 2. The Hall–Kier alpha value is -0.940. The zero-order chi connectivity index (χ0) is 11.8. The van der Waals surface area contributed by atoms with Gasteiger partial charge >= 0.3 is 0 Å². The van der Waals surface area contributed by atoms with Gasteiger partial charge in [-0.15, -0.1) is 0 Å². The summed E-state index contributed by atoms with van der Waals surface area (Å²) in [5.41, 5.74) is -0.499. The Kier molecular flexibility index (Phi) is 2.99. The lowest BCUT2D eigenvalue weighted by atomic mass is 9.91. The fraction of sp³-hybridized carbons (Fsp3) is 0.818. The lowest BCUT2D eigenvalue weighted by Crippen LogP contribution is -2.60. The Balaban J connectivity index is 1.87. The van der Waals surface area contributed by atoms with Crippen molar-refractivity contribution >= 4 is 0 Å². The molecule has 0 saturated carbocycles. The predicted octanol–water partition coefficient (Wildman–Crippen LogP) is 1.15. The molecule has 1 aliphatic heterocycles. The van der Waals surface area contributed by atoms with E-state index in [-0.39, 0.29) is 0 Å². The normalized spacial score (nSPS) is 20.1. The number of β-amino-alcohol motifs (C(OH)–C–C–N with tert-alkyl or cyclic N) is 1. The Labute approximate surface area is 95.4 Å². The van der Waals surface area contributed by atoms with Crippen LogP contribution in [0.2, 0.25) is 0 Å². The van der Waals surface area contributed by atoms with Crippen molar-refractivity contribution in [1.29, 1.82) is 0 Å². The van der Waals surface area contributed by atoms with Crippen molar-refractivity contribution in [1.82, 2.24) is 15.0 Å². The molecule has 1 aromatic rings. The lowest BCUT2D eigenvalue weighted by molar-refractivity contribution is -0.106. The molecule has 5 nitrogen and oxygen atoms in total. The highest BCUT2D eigenvalue weighted by molar-refractivity contribution is 4.97. The Morgan fingerprint density at radius 3 is 2.69 bits per heavy atom. The fourth-order valence-electron chi connectivity index (χ4n) is 1.88. The molecule has 0 atom stereocenters. The smallest absolute Gasteiger partial charge is 0.240 e. The number of hydrogen-bond donors (Lipinski definition) is 1. The molecule has 5 heteroatoms. The molecule has 0 spiro atoms. The van der Waals surface area contributed by atoms with Gasteiger partial charge in [-0.2, -0.15) is 4.98 Å². The summed E-state index contributed by atoms with van der Waals surface area (Å²) in [6.45, 7) is 8.11. The van der Waals surface area contributed by atoms with Crippen molar-refractivity contribution in [2.24, 2.45) is 0 Å². The van der Waals surface area contributed by atoms with Gasteiger partial charge in [-0.3, -0.25) is 4.90 Å². The second-order valence-corrected chi connectivity index (χ2v) is 4.92.